The van der Waals surface area contributed by atoms with Gasteiger partial charge in [0.05, 0.1) is 0 Å². The van der Waals surface area contributed by atoms with Crippen LogP contribution in [0.15, 0.2) is 53.4 Å². The highest BCUT2D eigenvalue weighted by Crippen LogP contribution is 2.21. The van der Waals surface area contributed by atoms with Gasteiger partial charge in [-0.15, -0.1) is 11.8 Å². The molecule has 2 rings (SSSR count). The predicted octanol–water partition coefficient (Wildman–Crippen LogP) is 5.12. The lowest BCUT2D eigenvalue weighted by molar-refractivity contribution is -0.140. The maximum Gasteiger partial charge on any atom is 0.242 e. The van der Waals surface area contributed by atoms with Gasteiger partial charge in [0.25, 0.3) is 0 Å². The molecule has 0 aliphatic rings. The topological polar surface area (TPSA) is 49.4 Å². The summed E-state index contributed by atoms with van der Waals surface area (Å²) in [6.07, 6.45) is 0.386. The van der Waals surface area contributed by atoms with E-state index in [0.29, 0.717) is 18.7 Å². The van der Waals surface area contributed by atoms with Crippen molar-refractivity contribution in [1.29, 1.82) is 0 Å². The van der Waals surface area contributed by atoms with Gasteiger partial charge in [0, 0.05) is 29.2 Å². The Morgan fingerprint density at radius 3 is 2.27 bits per heavy atom. The molecule has 0 saturated heterocycles. The largest absolute Gasteiger partial charge is 0.350 e. The van der Waals surface area contributed by atoms with Gasteiger partial charge in [0.1, 0.15) is 6.04 Å². The number of hydrogen-bond donors (Lipinski definition) is 1. The number of rotatable bonds is 8. The fraction of sp³-hybridized carbons (Fsp3) is 0.440. The minimum absolute atomic E-state index is 0.00516. The molecule has 1 atom stereocenters. The first-order valence-corrected chi connectivity index (χ1v) is 11.4. The van der Waals surface area contributed by atoms with Gasteiger partial charge in [-0.05, 0) is 64.8 Å². The summed E-state index contributed by atoms with van der Waals surface area (Å²) in [6, 6.07) is 15.8. The molecule has 0 fully saturated rings. The highest BCUT2D eigenvalue weighted by atomic mass is 32.2. The Bertz CT molecular complexity index is 856. The zero-order valence-corrected chi connectivity index (χ0v) is 19.8. The first kappa shape index (κ1) is 24.0. The van der Waals surface area contributed by atoms with Crippen molar-refractivity contribution in [2.45, 2.75) is 71.0 Å². The van der Waals surface area contributed by atoms with E-state index in [1.165, 1.54) is 5.56 Å². The second-order valence-corrected chi connectivity index (χ2v) is 9.94. The monoisotopic (exact) mass is 426 g/mol. The molecule has 162 valence electrons. The molecular weight excluding hydrogens is 392 g/mol. The average Bonchev–Trinajstić information content (AvgIpc) is 2.67. The van der Waals surface area contributed by atoms with Crippen LogP contribution >= 0.6 is 11.8 Å². The molecule has 0 spiro atoms. The molecule has 0 heterocycles. The van der Waals surface area contributed by atoms with Crippen LogP contribution in [0.1, 0.15) is 50.8 Å². The number of nitrogens with zero attached hydrogens (tertiary/aromatic N) is 1. The zero-order valence-electron chi connectivity index (χ0n) is 19.0. The molecule has 0 aromatic heterocycles. The van der Waals surface area contributed by atoms with Crippen LogP contribution in [0.25, 0.3) is 0 Å². The Morgan fingerprint density at radius 1 is 1.03 bits per heavy atom. The molecule has 5 heteroatoms. The van der Waals surface area contributed by atoms with E-state index >= 15 is 0 Å². The van der Waals surface area contributed by atoms with E-state index in [1.54, 1.807) is 16.7 Å². The van der Waals surface area contributed by atoms with Crippen molar-refractivity contribution in [3.63, 3.8) is 0 Å². The summed E-state index contributed by atoms with van der Waals surface area (Å²) in [5.74, 6) is 0.546. The van der Waals surface area contributed by atoms with Crippen molar-refractivity contribution < 1.29 is 9.59 Å². The lowest BCUT2D eigenvalue weighted by Gasteiger charge is -2.32. The SMILES string of the molecule is Cc1ccc(SCCC(=O)N(Cc2ccccc2C)[C@H](C)C(=O)NC(C)(C)C)cc1. The van der Waals surface area contributed by atoms with Gasteiger partial charge in [0.15, 0.2) is 0 Å². The van der Waals surface area contributed by atoms with E-state index in [1.807, 2.05) is 58.9 Å². The van der Waals surface area contributed by atoms with Crippen molar-refractivity contribution in [2.75, 3.05) is 5.75 Å². The van der Waals surface area contributed by atoms with Gasteiger partial charge >= 0.3 is 0 Å². The summed E-state index contributed by atoms with van der Waals surface area (Å²) in [5.41, 5.74) is 3.06. The van der Waals surface area contributed by atoms with Crippen LogP contribution in [-0.4, -0.2) is 34.0 Å². The standard InChI is InChI=1S/C25H34N2O2S/c1-18-11-13-22(14-12-18)30-16-15-23(28)27(17-21-10-8-7-9-19(21)2)20(3)24(29)26-25(4,5)6/h7-14,20H,15-17H2,1-6H3,(H,26,29)/t20-/m1/s1. The molecule has 0 aliphatic heterocycles. The minimum Gasteiger partial charge on any atom is -0.350 e. The molecule has 0 bridgehead atoms. The number of carbonyl (C=O) groups is 2. The van der Waals surface area contributed by atoms with Crippen molar-refractivity contribution in [3.8, 4) is 0 Å². The number of hydrogen-bond acceptors (Lipinski definition) is 3. The van der Waals surface area contributed by atoms with Crippen molar-refractivity contribution >= 4 is 23.6 Å². The van der Waals surface area contributed by atoms with E-state index in [-0.39, 0.29) is 17.4 Å². The van der Waals surface area contributed by atoms with E-state index < -0.39 is 6.04 Å². The van der Waals surface area contributed by atoms with Gasteiger partial charge in [0.2, 0.25) is 11.8 Å². The fourth-order valence-electron chi connectivity index (χ4n) is 3.06. The molecule has 30 heavy (non-hydrogen) atoms. The van der Waals surface area contributed by atoms with Crippen LogP contribution in [-0.2, 0) is 16.1 Å². The van der Waals surface area contributed by atoms with E-state index in [0.717, 1.165) is 16.0 Å². The number of carbonyl (C=O) groups excluding carboxylic acids is 2. The molecule has 0 aliphatic carbocycles. The molecule has 0 saturated carbocycles. The van der Waals surface area contributed by atoms with Gasteiger partial charge in [-0.1, -0.05) is 42.0 Å². The maximum absolute atomic E-state index is 13.1. The zero-order chi connectivity index (χ0) is 22.3. The number of nitrogens with one attached hydrogen (secondary N) is 1. The Kier molecular flexibility index (Phi) is 8.54. The van der Waals surface area contributed by atoms with Crippen LogP contribution in [0.5, 0.6) is 0 Å². The molecule has 2 aromatic carbocycles. The van der Waals surface area contributed by atoms with Crippen LogP contribution in [0.2, 0.25) is 0 Å². The molecule has 2 aromatic rings. The second-order valence-electron chi connectivity index (χ2n) is 8.77. The van der Waals surface area contributed by atoms with Crippen LogP contribution in [0.3, 0.4) is 0 Å². The van der Waals surface area contributed by atoms with Crippen LogP contribution in [0, 0.1) is 13.8 Å². The highest BCUT2D eigenvalue weighted by Gasteiger charge is 2.28. The lowest BCUT2D eigenvalue weighted by Crippen LogP contribution is -2.52. The lowest BCUT2D eigenvalue weighted by atomic mass is 10.1. The molecule has 0 unspecified atom stereocenters. The Labute approximate surface area is 185 Å². The quantitative estimate of drug-likeness (QED) is 0.596. The number of benzene rings is 2. The van der Waals surface area contributed by atoms with Gasteiger partial charge in [-0.25, -0.2) is 0 Å². The Hall–Kier alpha value is -2.27. The van der Waals surface area contributed by atoms with Crippen molar-refractivity contribution in [3.05, 3.63) is 65.2 Å². The van der Waals surface area contributed by atoms with Gasteiger partial charge < -0.3 is 10.2 Å². The third kappa shape index (κ3) is 7.52. The van der Waals surface area contributed by atoms with E-state index in [2.05, 4.69) is 36.5 Å². The Balaban J connectivity index is 2.10. The van der Waals surface area contributed by atoms with Crippen molar-refractivity contribution in [1.82, 2.24) is 10.2 Å². The average molecular weight is 427 g/mol. The molecule has 0 radical (unpaired) electrons. The minimum atomic E-state index is -0.541. The molecule has 1 N–H and O–H groups in total. The normalized spacial score (nSPS) is 12.3. The fourth-order valence-corrected chi connectivity index (χ4v) is 3.90. The third-order valence-corrected chi connectivity index (χ3v) is 5.89. The number of amides is 2. The van der Waals surface area contributed by atoms with E-state index in [4.69, 9.17) is 0 Å². The highest BCUT2D eigenvalue weighted by molar-refractivity contribution is 7.99. The number of thioether (sulfide) groups is 1. The first-order valence-electron chi connectivity index (χ1n) is 10.4. The summed E-state index contributed by atoms with van der Waals surface area (Å²) in [6.45, 7) is 12.2. The van der Waals surface area contributed by atoms with E-state index in [9.17, 15) is 9.59 Å². The smallest absolute Gasteiger partial charge is 0.242 e. The van der Waals surface area contributed by atoms with Crippen LogP contribution in [0.4, 0.5) is 0 Å². The predicted molar refractivity (Wildman–Crippen MR) is 126 cm³/mol. The summed E-state index contributed by atoms with van der Waals surface area (Å²) in [4.78, 5) is 28.8. The molecular formula is C25H34N2O2S. The summed E-state index contributed by atoms with van der Waals surface area (Å²) < 4.78 is 0. The second kappa shape index (κ2) is 10.7. The van der Waals surface area contributed by atoms with Gasteiger partial charge in [-0.3, -0.25) is 9.59 Å². The molecule has 4 nitrogen and oxygen atoms in total. The first-order chi connectivity index (χ1) is 14.1. The third-order valence-electron chi connectivity index (χ3n) is 4.87. The summed E-state index contributed by atoms with van der Waals surface area (Å²) >= 11 is 1.67. The summed E-state index contributed by atoms with van der Waals surface area (Å²) in [5, 5.41) is 3.00. The maximum atomic E-state index is 13.1. The van der Waals surface area contributed by atoms with Crippen molar-refractivity contribution in [2.24, 2.45) is 0 Å². The number of aryl methyl sites for hydroxylation is 2. The van der Waals surface area contributed by atoms with Crippen LogP contribution < -0.4 is 5.32 Å². The molecule has 2 amide bonds. The Morgan fingerprint density at radius 2 is 1.67 bits per heavy atom. The van der Waals surface area contributed by atoms with Gasteiger partial charge in [-0.2, -0.15) is 0 Å². The summed E-state index contributed by atoms with van der Waals surface area (Å²) in [7, 11) is 0.